The predicted octanol–water partition coefficient (Wildman–Crippen LogP) is -2.29. The van der Waals surface area contributed by atoms with Crippen LogP contribution in [0, 0.1) is 0 Å². The van der Waals surface area contributed by atoms with Crippen LogP contribution in [-0.4, -0.2) is 51.9 Å². The van der Waals surface area contributed by atoms with Crippen molar-refractivity contribution < 1.29 is 0 Å². The molecule has 0 rings (SSSR count). The standard InChI is InChI=1S/Cl2H2Si2.2GeH3/c1-3-4-2;;/h3-4H;2*1H3. The number of rotatable bonds is 1. The first-order valence-corrected chi connectivity index (χ1v) is 6.93. The van der Waals surface area contributed by atoms with Crippen LogP contribution >= 0.6 is 22.2 Å². The molecule has 0 atom stereocenters. The molecule has 0 fully saturated rings. The summed E-state index contributed by atoms with van der Waals surface area (Å²) in [6, 6.07) is 0. The van der Waals surface area contributed by atoms with Gasteiger partial charge in [-0.3, -0.25) is 0 Å². The fourth-order valence-electron chi connectivity index (χ4n) is 0. The Morgan fingerprint density at radius 1 is 0.833 bits per heavy atom. The van der Waals surface area contributed by atoms with Gasteiger partial charge in [0.1, 0.15) is 16.7 Å². The van der Waals surface area contributed by atoms with Crippen LogP contribution in [0.3, 0.4) is 0 Å². The van der Waals surface area contributed by atoms with Gasteiger partial charge < -0.3 is 0 Å². The molecule has 0 aliphatic heterocycles. The van der Waals surface area contributed by atoms with Crippen LogP contribution in [0.25, 0.3) is 0 Å². The van der Waals surface area contributed by atoms with Gasteiger partial charge in [-0.05, 0) is 0 Å². The molecule has 0 amide bonds. The molecule has 38 valence electrons. The summed E-state index contributed by atoms with van der Waals surface area (Å²) < 4.78 is 0. The van der Waals surface area contributed by atoms with Crippen LogP contribution in [0.15, 0.2) is 0 Å². The van der Waals surface area contributed by atoms with E-state index < -0.39 is 0 Å². The summed E-state index contributed by atoms with van der Waals surface area (Å²) in [6.07, 6.45) is 0. The Balaban J connectivity index is -0.0000000450. The quantitative estimate of drug-likeness (QED) is 0.375. The molecule has 0 bridgehead atoms. The molecule has 0 aromatic heterocycles. The molecule has 0 saturated carbocycles. The Morgan fingerprint density at radius 2 is 1.00 bits per heavy atom. The molecular weight excluding hydrogens is 272 g/mol. The molecule has 0 nitrogen and oxygen atoms in total. The molecule has 0 unspecified atom stereocenters. The van der Waals surface area contributed by atoms with Crippen molar-refractivity contribution in [3.63, 3.8) is 0 Å². The van der Waals surface area contributed by atoms with Crippen molar-refractivity contribution >= 4 is 74.0 Å². The second kappa shape index (κ2) is 15.7. The van der Waals surface area contributed by atoms with Gasteiger partial charge >= 0.3 is 35.2 Å². The summed E-state index contributed by atoms with van der Waals surface area (Å²) in [5.41, 5.74) is 0. The maximum absolute atomic E-state index is 5.17. The van der Waals surface area contributed by atoms with E-state index in [2.05, 4.69) is 0 Å². The van der Waals surface area contributed by atoms with Crippen LogP contribution in [0.1, 0.15) is 0 Å². The summed E-state index contributed by atoms with van der Waals surface area (Å²) in [6.45, 7) is 0. The predicted molar refractivity (Wildman–Crippen MR) is 45.9 cm³/mol. The van der Waals surface area contributed by atoms with Crippen molar-refractivity contribution in [2.45, 2.75) is 0 Å². The van der Waals surface area contributed by atoms with E-state index >= 15 is 0 Å². The van der Waals surface area contributed by atoms with Gasteiger partial charge in [0.15, 0.2) is 0 Å². The van der Waals surface area contributed by atoms with E-state index in [4.69, 9.17) is 22.2 Å². The van der Waals surface area contributed by atoms with Crippen LogP contribution < -0.4 is 0 Å². The third-order valence-corrected chi connectivity index (χ3v) is 3.86. The third-order valence-electron chi connectivity index (χ3n) is 0.0476. The van der Waals surface area contributed by atoms with Crippen LogP contribution in [0.5, 0.6) is 0 Å². The molecule has 0 aliphatic carbocycles. The van der Waals surface area contributed by atoms with E-state index in [1.165, 1.54) is 0 Å². The summed E-state index contributed by atoms with van der Waals surface area (Å²) in [5.74, 6) is 0. The van der Waals surface area contributed by atoms with Crippen molar-refractivity contribution in [3.8, 4) is 0 Å². The van der Waals surface area contributed by atoms with Gasteiger partial charge in [-0.1, -0.05) is 0 Å². The first-order valence-electron chi connectivity index (χ1n) is 0.770. The molecule has 0 spiro atoms. The zero-order valence-corrected chi connectivity index (χ0v) is 16.1. The molecule has 6 heavy (non-hydrogen) atoms. The number of halogens is 2. The Kier molecular flexibility index (Phi) is 41.1. The van der Waals surface area contributed by atoms with E-state index in [1.54, 1.807) is 0 Å². The summed E-state index contributed by atoms with van der Waals surface area (Å²) in [4.78, 5) is 0. The zero-order chi connectivity index (χ0) is 3.41. The van der Waals surface area contributed by atoms with Crippen molar-refractivity contribution in [1.29, 1.82) is 0 Å². The third kappa shape index (κ3) is 16.5. The monoisotopic (exact) mass is 282 g/mol. The van der Waals surface area contributed by atoms with Crippen molar-refractivity contribution in [2.75, 3.05) is 0 Å². The molecule has 0 aliphatic rings. The molecule has 4 radical (unpaired) electrons. The van der Waals surface area contributed by atoms with Crippen LogP contribution in [-0.2, 0) is 0 Å². The van der Waals surface area contributed by atoms with E-state index in [1.807, 2.05) is 0 Å². The summed E-state index contributed by atoms with van der Waals surface area (Å²) in [7, 11) is 0.207. The van der Waals surface area contributed by atoms with Gasteiger partial charge in [-0.25, -0.2) is 0 Å². The number of hydrogen-bond donors (Lipinski definition) is 0. The Hall–Kier alpha value is 2.10. The van der Waals surface area contributed by atoms with Gasteiger partial charge in [-0.15, -0.1) is 0 Å². The van der Waals surface area contributed by atoms with Gasteiger partial charge in [0, 0.05) is 0 Å². The van der Waals surface area contributed by atoms with Crippen molar-refractivity contribution in [2.24, 2.45) is 0 Å². The maximum atomic E-state index is 5.17. The van der Waals surface area contributed by atoms with Gasteiger partial charge in [-0.2, -0.15) is 22.2 Å². The average Bonchev–Trinajstić information content (AvgIpc) is 1.37. The van der Waals surface area contributed by atoms with E-state index in [9.17, 15) is 0 Å². The van der Waals surface area contributed by atoms with Crippen LogP contribution in [0.4, 0.5) is 0 Å². The number of hydrogen-bond acceptors (Lipinski definition) is 0. The SMILES string of the molecule is Cl[SiH][SiH]Cl.[GeH3].[GeH3]. The van der Waals surface area contributed by atoms with E-state index in [0.717, 1.165) is 0 Å². The minimum absolute atomic E-state index is 0. The second-order valence-corrected chi connectivity index (χ2v) is 6.80. The fourth-order valence-corrected chi connectivity index (χ4v) is 0. The molecule has 0 heterocycles. The van der Waals surface area contributed by atoms with Crippen LogP contribution in [0.2, 0.25) is 0 Å². The van der Waals surface area contributed by atoms with Gasteiger partial charge in [0.25, 0.3) is 0 Å². The molecule has 0 saturated heterocycles. The van der Waals surface area contributed by atoms with E-state index in [0.29, 0.717) is 0 Å². The van der Waals surface area contributed by atoms with Crippen molar-refractivity contribution in [3.05, 3.63) is 0 Å². The fraction of sp³-hybridized carbons (Fsp3) is 0. The molecule has 6 heteroatoms. The average molecular weight is 280 g/mol. The Bertz CT molecular complexity index is 11.5. The Morgan fingerprint density at radius 3 is 1.00 bits per heavy atom. The summed E-state index contributed by atoms with van der Waals surface area (Å²) >= 11 is 10.3. The summed E-state index contributed by atoms with van der Waals surface area (Å²) in [5, 5.41) is 0. The second-order valence-electron chi connectivity index (χ2n) is 0.252. The van der Waals surface area contributed by atoms with Gasteiger partial charge in [0.2, 0.25) is 0 Å². The van der Waals surface area contributed by atoms with E-state index in [-0.39, 0.29) is 51.9 Å². The molecular formula is H8Cl2Ge2Si2. The minimum atomic E-state index is 0. The zero-order valence-electron chi connectivity index (χ0n) is 3.91. The first kappa shape index (κ1) is 15.7. The Labute approximate surface area is 73.5 Å². The van der Waals surface area contributed by atoms with Crippen molar-refractivity contribution in [1.82, 2.24) is 0 Å². The van der Waals surface area contributed by atoms with Gasteiger partial charge in [0.05, 0.1) is 0 Å². The molecule has 0 N–H and O–H groups in total. The molecule has 0 aromatic carbocycles. The molecule has 0 aromatic rings. The topological polar surface area (TPSA) is 0 Å². The first-order chi connectivity index (χ1) is 1.91. The normalized spacial score (nSPS) is 5.00.